The Morgan fingerprint density at radius 1 is 1.08 bits per heavy atom. The van der Waals surface area contributed by atoms with Crippen LogP contribution in [0.3, 0.4) is 0 Å². The number of ketones is 1. The van der Waals surface area contributed by atoms with Gasteiger partial charge in [0, 0.05) is 31.5 Å². The Morgan fingerprint density at radius 2 is 1.79 bits per heavy atom. The number of fused-ring (bicyclic) bond motifs is 1. The number of carbonyl (C=O) groups excluding carboxylic acids is 2. The van der Waals surface area contributed by atoms with Gasteiger partial charge in [0.25, 0.3) is 0 Å². The summed E-state index contributed by atoms with van der Waals surface area (Å²) in [4.78, 5) is 26.7. The molecule has 1 fully saturated rings. The van der Waals surface area contributed by atoms with Crippen molar-refractivity contribution >= 4 is 11.7 Å². The van der Waals surface area contributed by atoms with Crippen LogP contribution in [0.5, 0.6) is 0 Å². The number of piperidine rings is 1. The summed E-state index contributed by atoms with van der Waals surface area (Å²) in [6.45, 7) is 1.94. The third-order valence-electron chi connectivity index (χ3n) is 5.49. The molecule has 4 nitrogen and oxygen atoms in total. The molecule has 1 amide bonds. The van der Waals surface area contributed by atoms with Crippen LogP contribution in [-0.2, 0) is 17.6 Å². The Labute approximate surface area is 144 Å². The highest BCUT2D eigenvalue weighted by Gasteiger charge is 2.22. The first-order chi connectivity index (χ1) is 11.6. The van der Waals surface area contributed by atoms with E-state index < -0.39 is 0 Å². The summed E-state index contributed by atoms with van der Waals surface area (Å²) in [6, 6.07) is 6.41. The van der Waals surface area contributed by atoms with E-state index in [2.05, 4.69) is 17.4 Å². The molecule has 0 saturated carbocycles. The Kier molecular flexibility index (Phi) is 5.67. The fourth-order valence-electron chi connectivity index (χ4n) is 3.85. The van der Waals surface area contributed by atoms with Crippen molar-refractivity contribution in [2.45, 2.75) is 57.4 Å². The van der Waals surface area contributed by atoms with E-state index in [9.17, 15) is 9.59 Å². The first-order valence-electron chi connectivity index (χ1n) is 9.26. The van der Waals surface area contributed by atoms with Crippen LogP contribution in [0.2, 0.25) is 0 Å². The van der Waals surface area contributed by atoms with Crippen molar-refractivity contribution in [1.29, 1.82) is 0 Å². The second-order valence-corrected chi connectivity index (χ2v) is 7.10. The maximum Gasteiger partial charge on any atom is 0.223 e. The number of nitrogens with one attached hydrogen (secondary N) is 1. The quantitative estimate of drug-likeness (QED) is 0.846. The summed E-state index contributed by atoms with van der Waals surface area (Å²) in [7, 11) is 1.88. The van der Waals surface area contributed by atoms with Gasteiger partial charge in [-0.25, -0.2) is 0 Å². The van der Waals surface area contributed by atoms with E-state index in [4.69, 9.17) is 0 Å². The molecule has 1 saturated heterocycles. The first kappa shape index (κ1) is 17.2. The zero-order valence-electron chi connectivity index (χ0n) is 14.6. The lowest BCUT2D eigenvalue weighted by Gasteiger charge is -2.31. The van der Waals surface area contributed by atoms with Crippen molar-refractivity contribution < 1.29 is 9.59 Å². The van der Waals surface area contributed by atoms with Gasteiger partial charge in [-0.2, -0.15) is 0 Å². The van der Waals surface area contributed by atoms with Crippen molar-refractivity contribution in [3.8, 4) is 0 Å². The van der Waals surface area contributed by atoms with Gasteiger partial charge < -0.3 is 10.2 Å². The van der Waals surface area contributed by atoms with Gasteiger partial charge in [0.1, 0.15) is 0 Å². The standard InChI is InChI=1S/C20H28N2O2/c1-22(18-10-12-21-13-11-18)20(24)9-8-19(23)17-7-6-15-4-2-3-5-16(15)14-17/h6-7,14,18,21H,2-5,8-13H2,1H3. The largest absolute Gasteiger partial charge is 0.343 e. The molecule has 0 atom stereocenters. The predicted molar refractivity (Wildman–Crippen MR) is 95.3 cm³/mol. The molecule has 24 heavy (non-hydrogen) atoms. The second-order valence-electron chi connectivity index (χ2n) is 7.10. The normalized spacial score (nSPS) is 18.0. The molecule has 130 valence electrons. The molecule has 3 rings (SSSR count). The lowest BCUT2D eigenvalue weighted by atomic mass is 9.89. The minimum absolute atomic E-state index is 0.0909. The Hall–Kier alpha value is -1.68. The van der Waals surface area contributed by atoms with Crippen LogP contribution < -0.4 is 5.32 Å². The molecule has 0 unspecified atom stereocenters. The summed E-state index contributed by atoms with van der Waals surface area (Å²) in [5.41, 5.74) is 3.48. The van der Waals surface area contributed by atoms with Crippen LogP contribution >= 0.6 is 0 Å². The molecule has 0 aromatic heterocycles. The van der Waals surface area contributed by atoms with Crippen LogP contribution in [0.25, 0.3) is 0 Å². The molecule has 1 aromatic rings. The van der Waals surface area contributed by atoms with Crippen LogP contribution in [0, 0.1) is 0 Å². The lowest BCUT2D eigenvalue weighted by molar-refractivity contribution is -0.132. The van der Waals surface area contributed by atoms with Crippen LogP contribution in [0.1, 0.15) is 60.0 Å². The highest BCUT2D eigenvalue weighted by molar-refractivity contribution is 5.98. The van der Waals surface area contributed by atoms with E-state index in [1.165, 1.54) is 24.0 Å². The number of aryl methyl sites for hydroxylation is 2. The van der Waals surface area contributed by atoms with E-state index in [1.807, 2.05) is 18.0 Å². The fraction of sp³-hybridized carbons (Fsp3) is 0.600. The highest BCUT2D eigenvalue weighted by Crippen LogP contribution is 2.23. The molecule has 1 N–H and O–H groups in total. The first-order valence-corrected chi connectivity index (χ1v) is 9.26. The predicted octanol–water partition coefficient (Wildman–Crippen LogP) is 2.74. The van der Waals surface area contributed by atoms with Crippen molar-refractivity contribution in [2.75, 3.05) is 20.1 Å². The Morgan fingerprint density at radius 3 is 2.54 bits per heavy atom. The summed E-state index contributed by atoms with van der Waals surface area (Å²) in [5, 5.41) is 3.31. The molecule has 0 radical (unpaired) electrons. The highest BCUT2D eigenvalue weighted by atomic mass is 16.2. The van der Waals surface area contributed by atoms with Crippen molar-refractivity contribution in [2.24, 2.45) is 0 Å². The number of carbonyl (C=O) groups is 2. The fourth-order valence-corrected chi connectivity index (χ4v) is 3.85. The number of hydrogen-bond acceptors (Lipinski definition) is 3. The average Bonchev–Trinajstić information content (AvgIpc) is 2.65. The maximum atomic E-state index is 12.5. The van der Waals surface area contributed by atoms with Crippen molar-refractivity contribution in [3.05, 3.63) is 34.9 Å². The van der Waals surface area contributed by atoms with Gasteiger partial charge in [-0.3, -0.25) is 9.59 Å². The minimum Gasteiger partial charge on any atom is -0.343 e. The van der Waals surface area contributed by atoms with Gasteiger partial charge in [-0.1, -0.05) is 12.1 Å². The number of amides is 1. The zero-order chi connectivity index (χ0) is 16.9. The van der Waals surface area contributed by atoms with Crippen molar-refractivity contribution in [1.82, 2.24) is 10.2 Å². The third kappa shape index (κ3) is 4.04. The van der Waals surface area contributed by atoms with Gasteiger partial charge in [-0.15, -0.1) is 0 Å². The Bertz CT molecular complexity index is 606. The summed E-state index contributed by atoms with van der Waals surface area (Å²) in [6.07, 6.45) is 7.30. The van der Waals surface area contributed by atoms with Gasteiger partial charge in [0.05, 0.1) is 0 Å². The molecule has 2 aliphatic rings. The lowest BCUT2D eigenvalue weighted by Crippen LogP contribution is -2.44. The molecule has 1 aromatic carbocycles. The topological polar surface area (TPSA) is 49.4 Å². The Balaban J connectivity index is 1.54. The van der Waals surface area contributed by atoms with E-state index in [0.29, 0.717) is 18.9 Å². The average molecular weight is 328 g/mol. The summed E-state index contributed by atoms with van der Waals surface area (Å²) >= 11 is 0. The van der Waals surface area contributed by atoms with Gasteiger partial charge in [0.2, 0.25) is 5.91 Å². The van der Waals surface area contributed by atoms with Gasteiger partial charge in [0.15, 0.2) is 5.78 Å². The molecular weight excluding hydrogens is 300 g/mol. The number of rotatable bonds is 5. The second kappa shape index (κ2) is 7.93. The molecule has 4 heteroatoms. The third-order valence-corrected chi connectivity index (χ3v) is 5.49. The van der Waals surface area contributed by atoms with Crippen LogP contribution in [0.15, 0.2) is 18.2 Å². The smallest absolute Gasteiger partial charge is 0.223 e. The maximum absolute atomic E-state index is 12.5. The molecule has 1 aliphatic heterocycles. The van der Waals surface area contributed by atoms with E-state index in [1.54, 1.807) is 0 Å². The summed E-state index contributed by atoms with van der Waals surface area (Å²) in [5.74, 6) is 0.184. The molecule has 0 bridgehead atoms. The number of hydrogen-bond donors (Lipinski definition) is 1. The molecule has 1 aliphatic carbocycles. The van der Waals surface area contributed by atoms with E-state index >= 15 is 0 Å². The molecule has 0 spiro atoms. The SMILES string of the molecule is CN(C(=O)CCC(=O)c1ccc2c(c1)CCCC2)C1CCNCC1. The van der Waals surface area contributed by atoms with E-state index in [0.717, 1.165) is 44.3 Å². The summed E-state index contributed by atoms with van der Waals surface area (Å²) < 4.78 is 0. The number of benzene rings is 1. The van der Waals surface area contributed by atoms with Crippen molar-refractivity contribution in [3.63, 3.8) is 0 Å². The molecular formula is C20H28N2O2. The number of nitrogens with zero attached hydrogens (tertiary/aromatic N) is 1. The van der Waals surface area contributed by atoms with Crippen LogP contribution in [0.4, 0.5) is 0 Å². The van der Waals surface area contributed by atoms with Crippen LogP contribution in [-0.4, -0.2) is 42.8 Å². The van der Waals surface area contributed by atoms with E-state index in [-0.39, 0.29) is 11.7 Å². The monoisotopic (exact) mass is 328 g/mol. The zero-order valence-corrected chi connectivity index (χ0v) is 14.6. The minimum atomic E-state index is 0.0909. The van der Waals surface area contributed by atoms with Gasteiger partial charge >= 0.3 is 0 Å². The van der Waals surface area contributed by atoms with Gasteiger partial charge in [-0.05, 0) is 68.8 Å². The number of Topliss-reactive ketones (excluding diaryl/α,β-unsaturated/α-hetero) is 1. The molecule has 1 heterocycles.